The molecule has 2 aliphatic rings. The molecule has 2 saturated heterocycles. The summed E-state index contributed by atoms with van der Waals surface area (Å²) in [5.41, 5.74) is 0.645. The number of hydrogen-bond donors (Lipinski definition) is 1. The highest BCUT2D eigenvalue weighted by Crippen LogP contribution is 2.23. The zero-order valence-corrected chi connectivity index (χ0v) is 19.6. The van der Waals surface area contributed by atoms with Gasteiger partial charge in [0.15, 0.2) is 0 Å². The molecule has 4 heterocycles. The van der Waals surface area contributed by atoms with Gasteiger partial charge in [0.05, 0.1) is 24.4 Å². The van der Waals surface area contributed by atoms with Gasteiger partial charge in [0.2, 0.25) is 5.91 Å². The first-order valence-corrected chi connectivity index (χ1v) is 11.7. The molecule has 0 saturated carbocycles. The molecule has 2 aliphatic heterocycles. The molecule has 0 bridgehead atoms. The number of hydrogen-bond acceptors (Lipinski definition) is 7. The van der Waals surface area contributed by atoms with Gasteiger partial charge in [-0.1, -0.05) is 6.07 Å². The second-order valence-electron chi connectivity index (χ2n) is 8.84. The van der Waals surface area contributed by atoms with Crippen LogP contribution in [-0.2, 0) is 16.1 Å². The number of benzene rings is 1. The van der Waals surface area contributed by atoms with Crippen LogP contribution in [0.2, 0.25) is 0 Å². The van der Waals surface area contributed by atoms with E-state index in [2.05, 4.69) is 20.3 Å². The average molecular weight is 482 g/mol. The lowest BCUT2D eigenvalue weighted by molar-refractivity contribution is -0.133. The van der Waals surface area contributed by atoms with Crippen molar-refractivity contribution in [2.75, 3.05) is 69.7 Å². The third-order valence-corrected chi connectivity index (χ3v) is 6.34. The van der Waals surface area contributed by atoms with Crippen LogP contribution in [0, 0.1) is 5.82 Å². The first-order valence-electron chi connectivity index (χ1n) is 11.7. The topological polar surface area (TPSA) is 95.8 Å². The van der Waals surface area contributed by atoms with Crippen molar-refractivity contribution in [3.05, 3.63) is 48.0 Å². The van der Waals surface area contributed by atoms with E-state index in [1.54, 1.807) is 18.3 Å². The maximum absolute atomic E-state index is 14.8. The molecule has 0 aliphatic carbocycles. The lowest BCUT2D eigenvalue weighted by Gasteiger charge is -2.32. The van der Waals surface area contributed by atoms with Crippen molar-refractivity contribution in [3.63, 3.8) is 0 Å². The quantitative estimate of drug-likeness (QED) is 0.589. The fourth-order valence-corrected chi connectivity index (χ4v) is 4.27. The second kappa shape index (κ2) is 9.96. The highest BCUT2D eigenvalue weighted by atomic mass is 19.1. The van der Waals surface area contributed by atoms with Crippen LogP contribution in [-0.4, -0.2) is 95.9 Å². The van der Waals surface area contributed by atoms with Crippen molar-refractivity contribution >= 4 is 34.2 Å². The van der Waals surface area contributed by atoms with Crippen molar-refractivity contribution in [3.8, 4) is 0 Å². The molecule has 1 aromatic carbocycles. The number of halogens is 1. The van der Waals surface area contributed by atoms with Crippen LogP contribution in [0.1, 0.15) is 10.5 Å². The fourth-order valence-electron chi connectivity index (χ4n) is 4.27. The van der Waals surface area contributed by atoms with E-state index in [0.29, 0.717) is 56.1 Å². The maximum Gasteiger partial charge on any atom is 0.274 e. The Morgan fingerprint density at radius 1 is 1.09 bits per heavy atom. The Kier molecular flexibility index (Phi) is 6.60. The van der Waals surface area contributed by atoms with Gasteiger partial charge < -0.3 is 24.8 Å². The van der Waals surface area contributed by atoms with Crippen LogP contribution in [0.15, 0.2) is 36.5 Å². The summed E-state index contributed by atoms with van der Waals surface area (Å²) in [6, 6.07) is 7.98. The highest BCUT2D eigenvalue weighted by molar-refractivity contribution is 6.04. The SMILES string of the molecule is CN1CCN(C(=O)Cn2cc3cc(NC(=O)c4cccc(N5CCOCC5)n4)c(F)cc3n2)CC1. The zero-order chi connectivity index (χ0) is 24.4. The van der Waals surface area contributed by atoms with Crippen LogP contribution >= 0.6 is 0 Å². The van der Waals surface area contributed by atoms with Gasteiger partial charge in [-0.25, -0.2) is 9.37 Å². The number of fused-ring (bicyclic) bond motifs is 1. The predicted molar refractivity (Wildman–Crippen MR) is 129 cm³/mol. The number of carbonyl (C=O) groups excluding carboxylic acids is 2. The molecular weight excluding hydrogens is 453 g/mol. The molecule has 10 nitrogen and oxygen atoms in total. The summed E-state index contributed by atoms with van der Waals surface area (Å²) in [4.78, 5) is 35.9. The Labute approximate surface area is 202 Å². The summed E-state index contributed by atoms with van der Waals surface area (Å²) in [5, 5.41) is 7.59. The van der Waals surface area contributed by atoms with Crippen LogP contribution in [0.25, 0.3) is 10.9 Å². The minimum Gasteiger partial charge on any atom is -0.378 e. The number of nitrogens with zero attached hydrogens (tertiary/aromatic N) is 6. The molecule has 3 aromatic rings. The lowest BCUT2D eigenvalue weighted by Crippen LogP contribution is -2.48. The number of likely N-dealkylation sites (N-methyl/N-ethyl adjacent to an activating group) is 1. The summed E-state index contributed by atoms with van der Waals surface area (Å²) >= 11 is 0. The van der Waals surface area contributed by atoms with E-state index in [-0.39, 0.29) is 23.8 Å². The molecular formula is C24H28FN7O3. The van der Waals surface area contributed by atoms with Crippen molar-refractivity contribution in [1.29, 1.82) is 0 Å². The number of ether oxygens (including phenoxy) is 1. The van der Waals surface area contributed by atoms with Gasteiger partial charge in [0, 0.05) is 56.9 Å². The monoisotopic (exact) mass is 481 g/mol. The van der Waals surface area contributed by atoms with Crippen LogP contribution in [0.4, 0.5) is 15.9 Å². The molecule has 2 fully saturated rings. The van der Waals surface area contributed by atoms with Gasteiger partial charge in [-0.05, 0) is 25.2 Å². The number of piperazine rings is 1. The number of aromatic nitrogens is 3. The van der Waals surface area contributed by atoms with E-state index < -0.39 is 11.7 Å². The second-order valence-corrected chi connectivity index (χ2v) is 8.84. The van der Waals surface area contributed by atoms with Gasteiger partial charge in [-0.3, -0.25) is 14.3 Å². The largest absolute Gasteiger partial charge is 0.378 e. The minimum atomic E-state index is -0.606. The van der Waals surface area contributed by atoms with E-state index in [1.165, 1.54) is 16.8 Å². The van der Waals surface area contributed by atoms with Crippen molar-refractivity contribution in [2.24, 2.45) is 0 Å². The Morgan fingerprint density at radius 3 is 2.63 bits per heavy atom. The molecule has 35 heavy (non-hydrogen) atoms. The minimum absolute atomic E-state index is 0.0221. The molecule has 0 unspecified atom stereocenters. The fraction of sp³-hybridized carbons (Fsp3) is 0.417. The third-order valence-electron chi connectivity index (χ3n) is 6.34. The zero-order valence-electron chi connectivity index (χ0n) is 19.6. The number of anilines is 2. The van der Waals surface area contributed by atoms with Crippen molar-refractivity contribution in [1.82, 2.24) is 24.6 Å². The van der Waals surface area contributed by atoms with Gasteiger partial charge >= 0.3 is 0 Å². The molecule has 0 radical (unpaired) electrons. The molecule has 0 atom stereocenters. The maximum atomic E-state index is 14.8. The van der Waals surface area contributed by atoms with E-state index in [9.17, 15) is 14.0 Å². The van der Waals surface area contributed by atoms with E-state index in [0.717, 1.165) is 13.1 Å². The number of rotatable bonds is 5. The van der Waals surface area contributed by atoms with E-state index in [4.69, 9.17) is 4.74 Å². The molecule has 11 heteroatoms. The highest BCUT2D eigenvalue weighted by Gasteiger charge is 2.20. The molecule has 184 valence electrons. The molecule has 0 spiro atoms. The number of carbonyl (C=O) groups is 2. The predicted octanol–water partition coefficient (Wildman–Crippen LogP) is 1.43. The van der Waals surface area contributed by atoms with Crippen molar-refractivity contribution in [2.45, 2.75) is 6.54 Å². The van der Waals surface area contributed by atoms with E-state index in [1.807, 2.05) is 22.9 Å². The summed E-state index contributed by atoms with van der Waals surface area (Å²) in [5.74, 6) is -0.448. The van der Waals surface area contributed by atoms with Crippen molar-refractivity contribution < 1.29 is 18.7 Å². The standard InChI is InChI=1S/C24H28FN7O3/c1-29-5-7-31(8-6-29)23(33)16-32-15-17-13-21(18(25)14-20(17)28-32)27-24(34)19-3-2-4-22(26-19)30-9-11-35-12-10-30/h2-4,13-15H,5-12,16H2,1H3,(H,27,34). The third kappa shape index (κ3) is 5.25. The number of morpholine rings is 1. The average Bonchev–Trinajstić information content (AvgIpc) is 3.26. The summed E-state index contributed by atoms with van der Waals surface area (Å²) in [7, 11) is 2.03. The van der Waals surface area contributed by atoms with Crippen LogP contribution in [0.3, 0.4) is 0 Å². The smallest absolute Gasteiger partial charge is 0.274 e. The van der Waals surface area contributed by atoms with Gasteiger partial charge in [-0.15, -0.1) is 0 Å². The lowest BCUT2D eigenvalue weighted by atomic mass is 10.2. The van der Waals surface area contributed by atoms with Gasteiger partial charge in [0.1, 0.15) is 23.9 Å². The Morgan fingerprint density at radius 2 is 1.86 bits per heavy atom. The summed E-state index contributed by atoms with van der Waals surface area (Å²) in [6.07, 6.45) is 1.69. The Hall–Kier alpha value is -3.57. The summed E-state index contributed by atoms with van der Waals surface area (Å²) in [6.45, 7) is 5.74. The molecule has 5 rings (SSSR count). The molecule has 2 aromatic heterocycles. The summed E-state index contributed by atoms with van der Waals surface area (Å²) < 4.78 is 21.7. The number of pyridine rings is 1. The Balaban J connectivity index is 1.29. The first kappa shape index (κ1) is 23.2. The van der Waals surface area contributed by atoms with E-state index >= 15 is 0 Å². The number of amides is 2. The first-order chi connectivity index (χ1) is 17.0. The van der Waals surface area contributed by atoms with Gasteiger partial charge in [0.25, 0.3) is 5.91 Å². The number of nitrogens with one attached hydrogen (secondary N) is 1. The Bertz CT molecular complexity index is 1230. The van der Waals surface area contributed by atoms with Gasteiger partial charge in [-0.2, -0.15) is 5.10 Å². The normalized spacial score (nSPS) is 17.1. The molecule has 2 amide bonds. The van der Waals surface area contributed by atoms with Crippen LogP contribution < -0.4 is 10.2 Å². The van der Waals surface area contributed by atoms with Crippen LogP contribution in [0.5, 0.6) is 0 Å². The molecule has 1 N–H and O–H groups in total.